The van der Waals surface area contributed by atoms with Crippen molar-refractivity contribution in [2.75, 3.05) is 39.3 Å². The molecule has 1 aromatic carbocycles. The van der Waals surface area contributed by atoms with Crippen molar-refractivity contribution in [3.63, 3.8) is 0 Å². The van der Waals surface area contributed by atoms with Gasteiger partial charge < -0.3 is 14.7 Å². The molecule has 6 heteroatoms. The fourth-order valence-corrected chi connectivity index (χ4v) is 2.46. The van der Waals surface area contributed by atoms with Crippen LogP contribution in [-0.4, -0.2) is 57.7 Å². The van der Waals surface area contributed by atoms with Gasteiger partial charge in [0.15, 0.2) is 0 Å². The Morgan fingerprint density at radius 3 is 2.67 bits per heavy atom. The lowest BCUT2D eigenvalue weighted by atomic mass is 10.1. The molecule has 0 unspecified atom stereocenters. The molecule has 0 saturated carbocycles. The van der Waals surface area contributed by atoms with Gasteiger partial charge in [-0.3, -0.25) is 0 Å². The highest BCUT2D eigenvalue weighted by molar-refractivity contribution is 7.90. The highest BCUT2D eigenvalue weighted by Crippen LogP contribution is 2.21. The van der Waals surface area contributed by atoms with E-state index >= 15 is 0 Å². The molecule has 0 fully saturated rings. The van der Waals surface area contributed by atoms with Crippen molar-refractivity contribution in [2.45, 2.75) is 6.54 Å². The van der Waals surface area contributed by atoms with E-state index in [-0.39, 0.29) is 12.4 Å². The zero-order valence-electron chi connectivity index (χ0n) is 12.6. The van der Waals surface area contributed by atoms with Gasteiger partial charge in [-0.15, -0.1) is 0 Å². The van der Waals surface area contributed by atoms with Crippen LogP contribution in [0.3, 0.4) is 0 Å². The third-order valence-electron chi connectivity index (χ3n) is 2.88. The molecule has 0 aliphatic rings. The molecule has 21 heavy (non-hydrogen) atoms. The second kappa shape index (κ2) is 8.03. The second-order valence-electron chi connectivity index (χ2n) is 4.85. The third kappa shape index (κ3) is 6.63. The van der Waals surface area contributed by atoms with E-state index in [0.29, 0.717) is 13.1 Å². The molecule has 1 aromatic rings. The minimum Gasteiger partial charge on any atom is -0.496 e. The Morgan fingerprint density at radius 1 is 1.38 bits per heavy atom. The van der Waals surface area contributed by atoms with Gasteiger partial charge in [-0.25, -0.2) is 8.42 Å². The highest BCUT2D eigenvalue weighted by atomic mass is 32.2. The van der Waals surface area contributed by atoms with Crippen molar-refractivity contribution in [1.29, 1.82) is 0 Å². The minimum atomic E-state index is -2.97. The SMILES string of the molecule is COc1ccc(C#CCO)cc1CN(C)CCS(C)(=O)=O. The number of sulfone groups is 1. The van der Waals surface area contributed by atoms with Gasteiger partial charge in [0.2, 0.25) is 0 Å². The largest absolute Gasteiger partial charge is 0.496 e. The molecule has 0 spiro atoms. The Labute approximate surface area is 126 Å². The molecule has 0 radical (unpaired) electrons. The topological polar surface area (TPSA) is 66.8 Å². The average Bonchev–Trinajstić information content (AvgIpc) is 2.42. The maximum absolute atomic E-state index is 11.2. The van der Waals surface area contributed by atoms with Crippen LogP contribution in [0.5, 0.6) is 5.75 Å². The molecule has 0 heterocycles. The van der Waals surface area contributed by atoms with Gasteiger partial charge in [-0.2, -0.15) is 0 Å². The number of rotatable bonds is 6. The standard InChI is InChI=1S/C15H21NO4S/c1-16(8-10-21(3,18)19)12-14-11-13(5-4-9-17)6-7-15(14)20-2/h6-7,11,17H,8-10,12H2,1-3H3. The van der Waals surface area contributed by atoms with E-state index in [0.717, 1.165) is 16.9 Å². The summed E-state index contributed by atoms with van der Waals surface area (Å²) in [4.78, 5) is 1.92. The number of hydrogen-bond acceptors (Lipinski definition) is 5. The third-order valence-corrected chi connectivity index (χ3v) is 3.80. The number of ether oxygens (including phenoxy) is 1. The van der Waals surface area contributed by atoms with Gasteiger partial charge in [0.25, 0.3) is 0 Å². The van der Waals surface area contributed by atoms with Gasteiger partial charge in [0.05, 0.1) is 12.9 Å². The zero-order valence-corrected chi connectivity index (χ0v) is 13.4. The molecular formula is C15H21NO4S. The van der Waals surface area contributed by atoms with Crippen molar-refractivity contribution in [1.82, 2.24) is 4.90 Å². The van der Waals surface area contributed by atoms with Crippen LogP contribution >= 0.6 is 0 Å². The predicted molar refractivity (Wildman–Crippen MR) is 83.0 cm³/mol. The van der Waals surface area contributed by atoms with E-state index in [1.165, 1.54) is 6.26 Å². The number of methoxy groups -OCH3 is 1. The molecule has 116 valence electrons. The molecule has 5 nitrogen and oxygen atoms in total. The quantitative estimate of drug-likeness (QED) is 0.776. The number of aliphatic hydroxyl groups is 1. The molecular weight excluding hydrogens is 290 g/mol. The van der Waals surface area contributed by atoms with Crippen LogP contribution in [0.4, 0.5) is 0 Å². The molecule has 0 atom stereocenters. The lowest BCUT2D eigenvalue weighted by Gasteiger charge is -2.18. The summed E-state index contributed by atoms with van der Waals surface area (Å²) in [6.07, 6.45) is 1.23. The second-order valence-corrected chi connectivity index (χ2v) is 7.11. The summed E-state index contributed by atoms with van der Waals surface area (Å²) in [5.74, 6) is 6.30. The van der Waals surface area contributed by atoms with Gasteiger partial charge >= 0.3 is 0 Å². The van der Waals surface area contributed by atoms with Crippen LogP contribution in [-0.2, 0) is 16.4 Å². The number of aliphatic hydroxyl groups excluding tert-OH is 1. The molecule has 1 rings (SSSR count). The van der Waals surface area contributed by atoms with E-state index in [4.69, 9.17) is 9.84 Å². The first kappa shape index (κ1) is 17.5. The van der Waals surface area contributed by atoms with E-state index < -0.39 is 9.84 Å². The highest BCUT2D eigenvalue weighted by Gasteiger charge is 2.10. The van der Waals surface area contributed by atoms with Crippen molar-refractivity contribution < 1.29 is 18.3 Å². The smallest absolute Gasteiger partial charge is 0.148 e. The Kier molecular flexibility index (Phi) is 6.69. The summed E-state index contributed by atoms with van der Waals surface area (Å²) in [6.45, 7) is 0.831. The monoisotopic (exact) mass is 311 g/mol. The van der Waals surface area contributed by atoms with E-state index in [9.17, 15) is 8.42 Å². The molecule has 0 aliphatic heterocycles. The Balaban J connectivity index is 2.84. The molecule has 0 bridgehead atoms. The normalized spacial score (nSPS) is 11.1. The van der Waals surface area contributed by atoms with Gasteiger partial charge in [0.1, 0.15) is 22.2 Å². The van der Waals surface area contributed by atoms with Gasteiger partial charge in [-0.05, 0) is 25.2 Å². The summed E-state index contributed by atoms with van der Waals surface area (Å²) in [5.41, 5.74) is 1.72. The number of hydrogen-bond donors (Lipinski definition) is 1. The van der Waals surface area contributed by atoms with E-state index in [2.05, 4.69) is 11.8 Å². The number of nitrogens with zero attached hydrogens (tertiary/aromatic N) is 1. The lowest BCUT2D eigenvalue weighted by Crippen LogP contribution is -2.25. The first-order chi connectivity index (χ1) is 9.85. The Morgan fingerprint density at radius 2 is 2.10 bits per heavy atom. The zero-order chi connectivity index (χ0) is 15.9. The summed E-state index contributed by atoms with van der Waals surface area (Å²) >= 11 is 0. The molecule has 0 amide bonds. The Hall–Kier alpha value is -1.55. The number of benzene rings is 1. The van der Waals surface area contributed by atoms with Crippen LogP contribution < -0.4 is 4.74 Å². The molecule has 0 saturated heterocycles. The first-order valence-corrected chi connectivity index (χ1v) is 8.54. The summed E-state index contributed by atoms with van der Waals surface area (Å²) in [7, 11) is 0.479. The van der Waals surface area contributed by atoms with Crippen LogP contribution in [0.15, 0.2) is 18.2 Å². The van der Waals surface area contributed by atoms with Crippen LogP contribution in [0.2, 0.25) is 0 Å². The first-order valence-electron chi connectivity index (χ1n) is 6.48. The fraction of sp³-hybridized carbons (Fsp3) is 0.467. The lowest BCUT2D eigenvalue weighted by molar-refractivity contribution is 0.333. The Bertz CT molecular complexity index is 629. The predicted octanol–water partition coefficient (Wildman–Crippen LogP) is 0.515. The van der Waals surface area contributed by atoms with Gasteiger partial charge in [0, 0.05) is 30.5 Å². The molecule has 0 aliphatic carbocycles. The molecule has 0 aromatic heterocycles. The van der Waals surface area contributed by atoms with E-state index in [1.807, 2.05) is 30.1 Å². The van der Waals surface area contributed by atoms with Gasteiger partial charge in [-0.1, -0.05) is 11.8 Å². The maximum Gasteiger partial charge on any atom is 0.148 e. The summed E-state index contributed by atoms with van der Waals surface area (Å²) in [6, 6.07) is 5.53. The minimum absolute atomic E-state index is 0.121. The van der Waals surface area contributed by atoms with Crippen molar-refractivity contribution in [2.24, 2.45) is 0 Å². The van der Waals surface area contributed by atoms with Crippen molar-refractivity contribution in [3.05, 3.63) is 29.3 Å². The van der Waals surface area contributed by atoms with Crippen LogP contribution in [0.25, 0.3) is 0 Å². The summed E-state index contributed by atoms with van der Waals surface area (Å²) < 4.78 is 27.7. The van der Waals surface area contributed by atoms with E-state index in [1.54, 1.807) is 7.11 Å². The molecule has 1 N–H and O–H groups in total. The average molecular weight is 311 g/mol. The maximum atomic E-state index is 11.2. The van der Waals surface area contributed by atoms with Crippen molar-refractivity contribution in [3.8, 4) is 17.6 Å². The van der Waals surface area contributed by atoms with Crippen LogP contribution in [0.1, 0.15) is 11.1 Å². The van der Waals surface area contributed by atoms with Crippen molar-refractivity contribution >= 4 is 9.84 Å². The summed E-state index contributed by atoms with van der Waals surface area (Å²) in [5, 5.41) is 8.73. The van der Waals surface area contributed by atoms with Crippen LogP contribution in [0, 0.1) is 11.8 Å². The fourth-order valence-electron chi connectivity index (χ4n) is 1.81.